The number of ether oxygens (including phenoxy) is 4. The molecular formula is C24H34O4. The van der Waals surface area contributed by atoms with Gasteiger partial charge in [-0.25, -0.2) is 0 Å². The summed E-state index contributed by atoms with van der Waals surface area (Å²) < 4.78 is 23.9. The lowest BCUT2D eigenvalue weighted by Gasteiger charge is -2.46. The van der Waals surface area contributed by atoms with Crippen LogP contribution < -0.4 is 9.47 Å². The minimum absolute atomic E-state index is 0.573. The van der Waals surface area contributed by atoms with Crippen LogP contribution in [0.1, 0.15) is 52.7 Å². The molecule has 0 fully saturated rings. The molecule has 2 rings (SSSR count). The quantitative estimate of drug-likeness (QED) is 0.497. The van der Waals surface area contributed by atoms with E-state index in [0.29, 0.717) is 26.4 Å². The first kappa shape index (κ1) is 22.3. The first-order valence-corrected chi connectivity index (χ1v) is 10.2. The van der Waals surface area contributed by atoms with Gasteiger partial charge in [-0.2, -0.15) is 0 Å². The topological polar surface area (TPSA) is 36.9 Å². The van der Waals surface area contributed by atoms with Gasteiger partial charge in [0.1, 0.15) is 22.7 Å². The zero-order chi connectivity index (χ0) is 20.6. The van der Waals surface area contributed by atoms with Crippen molar-refractivity contribution < 1.29 is 18.9 Å². The maximum Gasteiger partial charge on any atom is 0.123 e. The molecule has 0 aromatic heterocycles. The van der Waals surface area contributed by atoms with Gasteiger partial charge in [-0.05, 0) is 76.9 Å². The fourth-order valence-corrected chi connectivity index (χ4v) is 3.64. The molecule has 2 unspecified atom stereocenters. The minimum Gasteiger partial charge on any atom is -0.494 e. The maximum absolute atomic E-state index is 6.37. The average molecular weight is 387 g/mol. The first-order chi connectivity index (χ1) is 13.4. The second-order valence-corrected chi connectivity index (χ2v) is 6.85. The Morgan fingerprint density at radius 1 is 0.536 bits per heavy atom. The van der Waals surface area contributed by atoms with E-state index in [4.69, 9.17) is 18.9 Å². The van der Waals surface area contributed by atoms with Gasteiger partial charge >= 0.3 is 0 Å². The van der Waals surface area contributed by atoms with E-state index in [1.54, 1.807) is 0 Å². The van der Waals surface area contributed by atoms with Crippen LogP contribution in [0.4, 0.5) is 0 Å². The van der Waals surface area contributed by atoms with Crippen LogP contribution in [0.15, 0.2) is 48.5 Å². The van der Waals surface area contributed by atoms with Gasteiger partial charge < -0.3 is 18.9 Å². The summed E-state index contributed by atoms with van der Waals surface area (Å²) in [5, 5.41) is 0. The van der Waals surface area contributed by atoms with Gasteiger partial charge in [-0.3, -0.25) is 0 Å². The second kappa shape index (κ2) is 9.94. The molecule has 0 N–H and O–H groups in total. The van der Waals surface area contributed by atoms with Crippen LogP contribution in [0.5, 0.6) is 11.5 Å². The summed E-state index contributed by atoms with van der Waals surface area (Å²) in [7, 11) is 0. The Hall–Kier alpha value is -2.04. The van der Waals surface area contributed by atoms with Crippen LogP contribution in [0.2, 0.25) is 0 Å². The molecule has 4 nitrogen and oxygen atoms in total. The molecule has 0 heterocycles. The third-order valence-electron chi connectivity index (χ3n) is 5.21. The van der Waals surface area contributed by atoms with Gasteiger partial charge in [0.05, 0.1) is 13.2 Å². The Labute approximate surface area is 169 Å². The molecule has 0 aliphatic carbocycles. The Morgan fingerprint density at radius 3 is 1.11 bits per heavy atom. The van der Waals surface area contributed by atoms with E-state index in [1.807, 2.05) is 52.0 Å². The molecule has 2 aromatic carbocycles. The number of hydrogen-bond donors (Lipinski definition) is 0. The van der Waals surface area contributed by atoms with E-state index in [1.165, 1.54) is 0 Å². The molecule has 0 saturated carbocycles. The summed E-state index contributed by atoms with van der Waals surface area (Å²) in [6.07, 6.45) is 0. The molecule has 0 aliphatic heterocycles. The van der Waals surface area contributed by atoms with Gasteiger partial charge in [0.25, 0.3) is 0 Å². The highest BCUT2D eigenvalue weighted by Gasteiger charge is 2.49. The summed E-state index contributed by atoms with van der Waals surface area (Å²) in [6, 6.07) is 16.2. The molecule has 154 valence electrons. The first-order valence-electron chi connectivity index (χ1n) is 10.2. The monoisotopic (exact) mass is 386 g/mol. The molecule has 0 saturated heterocycles. The third-order valence-corrected chi connectivity index (χ3v) is 5.21. The van der Waals surface area contributed by atoms with Crippen molar-refractivity contribution >= 4 is 0 Å². The zero-order valence-corrected chi connectivity index (χ0v) is 18.1. The second-order valence-electron chi connectivity index (χ2n) is 6.85. The highest BCUT2D eigenvalue weighted by Crippen LogP contribution is 2.46. The van der Waals surface area contributed by atoms with Crippen molar-refractivity contribution in [3.05, 3.63) is 59.7 Å². The summed E-state index contributed by atoms with van der Waals surface area (Å²) in [6.45, 7) is 14.6. The van der Waals surface area contributed by atoms with Crippen molar-refractivity contribution in [2.24, 2.45) is 0 Å². The highest BCUT2D eigenvalue weighted by atomic mass is 16.6. The largest absolute Gasteiger partial charge is 0.494 e. The van der Waals surface area contributed by atoms with Gasteiger partial charge in [-0.1, -0.05) is 24.3 Å². The SMILES string of the molecule is CCOc1ccc(C(C)(OCC)C(C)(OCC)c2ccc(OCC)cc2)cc1. The third kappa shape index (κ3) is 4.50. The van der Waals surface area contributed by atoms with Crippen molar-refractivity contribution in [1.29, 1.82) is 0 Å². The molecule has 2 atom stereocenters. The van der Waals surface area contributed by atoms with Gasteiger partial charge in [-0.15, -0.1) is 0 Å². The number of rotatable bonds is 11. The minimum atomic E-state index is -0.685. The Morgan fingerprint density at radius 2 is 0.857 bits per heavy atom. The predicted molar refractivity (Wildman–Crippen MR) is 113 cm³/mol. The van der Waals surface area contributed by atoms with Crippen LogP contribution in [0, 0.1) is 0 Å². The summed E-state index contributed by atoms with van der Waals surface area (Å²) in [5.41, 5.74) is 0.718. The molecule has 4 heteroatoms. The summed E-state index contributed by atoms with van der Waals surface area (Å²) in [4.78, 5) is 0. The number of hydrogen-bond acceptors (Lipinski definition) is 4. The van der Waals surface area contributed by atoms with Crippen molar-refractivity contribution in [3.63, 3.8) is 0 Å². The lowest BCUT2D eigenvalue weighted by molar-refractivity contribution is -0.203. The number of benzene rings is 2. The van der Waals surface area contributed by atoms with E-state index in [9.17, 15) is 0 Å². The van der Waals surface area contributed by atoms with Gasteiger partial charge in [0.2, 0.25) is 0 Å². The van der Waals surface area contributed by atoms with Gasteiger partial charge in [0.15, 0.2) is 0 Å². The average Bonchev–Trinajstić information content (AvgIpc) is 2.70. The van der Waals surface area contributed by atoms with Crippen molar-refractivity contribution in [1.82, 2.24) is 0 Å². The fourth-order valence-electron chi connectivity index (χ4n) is 3.64. The molecule has 0 bridgehead atoms. The van der Waals surface area contributed by atoms with Crippen LogP contribution >= 0.6 is 0 Å². The predicted octanol–water partition coefficient (Wildman–Crippen LogP) is 5.69. The van der Waals surface area contributed by atoms with Crippen LogP contribution in [0.25, 0.3) is 0 Å². The molecule has 0 amide bonds. The van der Waals surface area contributed by atoms with E-state index in [-0.39, 0.29) is 0 Å². The van der Waals surface area contributed by atoms with Crippen molar-refractivity contribution in [2.75, 3.05) is 26.4 Å². The smallest absolute Gasteiger partial charge is 0.123 e. The molecular weight excluding hydrogens is 352 g/mol. The van der Waals surface area contributed by atoms with Crippen LogP contribution in [0.3, 0.4) is 0 Å². The van der Waals surface area contributed by atoms with E-state index >= 15 is 0 Å². The molecule has 28 heavy (non-hydrogen) atoms. The maximum atomic E-state index is 6.37. The van der Waals surface area contributed by atoms with E-state index in [2.05, 4.69) is 38.1 Å². The highest BCUT2D eigenvalue weighted by molar-refractivity contribution is 5.38. The fraction of sp³-hybridized carbons (Fsp3) is 0.500. The van der Waals surface area contributed by atoms with Gasteiger partial charge in [0, 0.05) is 13.2 Å². The van der Waals surface area contributed by atoms with Crippen LogP contribution in [-0.4, -0.2) is 26.4 Å². The van der Waals surface area contributed by atoms with Crippen molar-refractivity contribution in [3.8, 4) is 11.5 Å². The van der Waals surface area contributed by atoms with Crippen molar-refractivity contribution in [2.45, 2.75) is 52.7 Å². The lowest BCUT2D eigenvalue weighted by atomic mass is 9.75. The van der Waals surface area contributed by atoms with Crippen LogP contribution in [-0.2, 0) is 20.7 Å². The van der Waals surface area contributed by atoms with E-state index < -0.39 is 11.2 Å². The molecule has 0 aliphatic rings. The molecule has 0 spiro atoms. The van der Waals surface area contributed by atoms with E-state index in [0.717, 1.165) is 22.6 Å². The summed E-state index contributed by atoms with van der Waals surface area (Å²) >= 11 is 0. The normalized spacial score (nSPS) is 15.5. The summed E-state index contributed by atoms with van der Waals surface area (Å²) in [5.74, 6) is 1.70. The lowest BCUT2D eigenvalue weighted by Crippen LogP contribution is -2.49. The Bertz CT molecular complexity index is 647. The molecule has 2 aromatic rings. The Balaban J connectivity index is 2.52. The molecule has 0 radical (unpaired) electrons. The standard InChI is InChI=1S/C24H34O4/c1-7-25-21-15-11-19(12-16-21)23(5,27-9-3)24(6,28-10-4)20-13-17-22(18-14-20)26-8-2/h11-18H,7-10H2,1-6H3. The zero-order valence-electron chi connectivity index (χ0n) is 18.1. The Kier molecular flexibility index (Phi) is 7.90.